The summed E-state index contributed by atoms with van der Waals surface area (Å²) in [4.78, 5) is 0. The molecule has 0 atom stereocenters. The van der Waals surface area contributed by atoms with E-state index < -0.39 is 0 Å². The van der Waals surface area contributed by atoms with E-state index in [1.54, 1.807) is 0 Å². The third-order valence-corrected chi connectivity index (χ3v) is 1.74. The molecule has 0 rings (SSSR count). The van der Waals surface area contributed by atoms with Crippen LogP contribution < -0.4 is 0 Å². The maximum absolute atomic E-state index is 5.49. The molecule has 0 N–H and O–H groups in total. The van der Waals surface area contributed by atoms with Gasteiger partial charge in [0.2, 0.25) is 0 Å². The number of rotatable bonds is 5. The summed E-state index contributed by atoms with van der Waals surface area (Å²) in [5.41, 5.74) is 0. The van der Waals surface area contributed by atoms with Crippen LogP contribution in [0.25, 0.3) is 0 Å². The Morgan fingerprint density at radius 1 is 1.33 bits per heavy atom. The second-order valence-corrected chi connectivity index (χ2v) is 2.78. The summed E-state index contributed by atoms with van der Waals surface area (Å²) in [7, 11) is 0. The third kappa shape index (κ3) is 5.51. The maximum atomic E-state index is 5.49. The standard InChI is InChI=1S/C5H9Cl2O.Al/c1-2-8-5(3-6)4-7;/h5H,1-4H2;/q;+2. The van der Waals surface area contributed by atoms with Crippen LogP contribution in [0.15, 0.2) is 0 Å². The molecule has 0 aliphatic heterocycles. The summed E-state index contributed by atoms with van der Waals surface area (Å²) >= 11 is 13.5. The Hall–Kier alpha value is 1.07. The molecule has 0 radical (unpaired) electrons. The summed E-state index contributed by atoms with van der Waals surface area (Å²) in [5, 5.41) is 0.935. The van der Waals surface area contributed by atoms with Gasteiger partial charge in [-0.1, -0.05) is 0 Å². The molecule has 0 aromatic heterocycles. The van der Waals surface area contributed by atoms with E-state index in [-0.39, 0.29) is 6.10 Å². The summed E-state index contributed by atoms with van der Waals surface area (Å²) < 4.78 is 5.20. The molecule has 0 spiro atoms. The fourth-order valence-corrected chi connectivity index (χ4v) is 1.01. The minimum absolute atomic E-state index is 0.0221. The molecule has 0 saturated heterocycles. The van der Waals surface area contributed by atoms with Gasteiger partial charge >= 0.3 is 74.0 Å². The summed E-state index contributed by atoms with van der Waals surface area (Å²) in [5.74, 6) is 0.961. The van der Waals surface area contributed by atoms with Crippen molar-refractivity contribution in [1.29, 1.82) is 0 Å². The molecule has 0 heterocycles. The Labute approximate surface area is 74.1 Å². The molecule has 50 valence electrons. The van der Waals surface area contributed by atoms with E-state index in [0.717, 1.165) is 11.9 Å². The number of ether oxygens (including phenoxy) is 1. The van der Waals surface area contributed by atoms with Gasteiger partial charge in [0.1, 0.15) is 0 Å². The molecule has 0 bridgehead atoms. The Morgan fingerprint density at radius 3 is 2.22 bits per heavy atom. The van der Waals surface area contributed by atoms with Gasteiger partial charge < -0.3 is 0 Å². The van der Waals surface area contributed by atoms with Crippen LogP contribution in [-0.2, 0) is 4.74 Å². The molecular formula is C5H9AlCl2O+2. The fraction of sp³-hybridized carbons (Fsp3) is 1.00. The van der Waals surface area contributed by atoms with E-state index in [2.05, 4.69) is 16.3 Å². The van der Waals surface area contributed by atoms with Crippen LogP contribution in [0.3, 0.4) is 0 Å². The van der Waals surface area contributed by atoms with E-state index >= 15 is 0 Å². The summed E-state index contributed by atoms with van der Waals surface area (Å²) in [6.45, 7) is 0.717. The van der Waals surface area contributed by atoms with Gasteiger partial charge in [-0.05, 0) is 0 Å². The Morgan fingerprint density at radius 2 is 1.89 bits per heavy atom. The summed E-state index contributed by atoms with van der Waals surface area (Å²) in [6, 6.07) is 0. The molecule has 0 fully saturated rings. The van der Waals surface area contributed by atoms with Gasteiger partial charge in [0.15, 0.2) is 0 Å². The van der Waals surface area contributed by atoms with Crippen molar-refractivity contribution in [3.63, 3.8) is 0 Å². The third-order valence-electron chi connectivity index (χ3n) is 0.816. The first-order valence-corrected chi connectivity index (χ1v) is 4.67. The zero-order valence-electron chi connectivity index (χ0n) is 5.15. The number of alkyl halides is 2. The van der Waals surface area contributed by atoms with Crippen molar-refractivity contribution in [3.8, 4) is 0 Å². The zero-order chi connectivity index (χ0) is 7.11. The minimum atomic E-state index is 0.0221. The van der Waals surface area contributed by atoms with E-state index in [1.807, 2.05) is 0 Å². The van der Waals surface area contributed by atoms with Crippen LogP contribution in [0.4, 0.5) is 0 Å². The summed E-state index contributed by atoms with van der Waals surface area (Å²) in [6.07, 6.45) is 0.0221. The van der Waals surface area contributed by atoms with Gasteiger partial charge in [-0.15, -0.1) is 0 Å². The van der Waals surface area contributed by atoms with Crippen LogP contribution in [-0.4, -0.2) is 40.8 Å². The van der Waals surface area contributed by atoms with Crippen molar-refractivity contribution in [2.24, 2.45) is 0 Å². The molecule has 0 unspecified atom stereocenters. The van der Waals surface area contributed by atoms with Crippen LogP contribution in [0, 0.1) is 0 Å². The molecule has 0 saturated carbocycles. The van der Waals surface area contributed by atoms with Crippen molar-refractivity contribution in [1.82, 2.24) is 0 Å². The SMILES string of the molecule is [Al+2][CH2]COC(CCl)CCl. The zero-order valence-corrected chi connectivity index (χ0v) is 7.81. The number of hydrogen-bond acceptors (Lipinski definition) is 1. The second kappa shape index (κ2) is 7.18. The Kier molecular flexibility index (Phi) is 8.04. The van der Waals surface area contributed by atoms with Crippen molar-refractivity contribution in [3.05, 3.63) is 0 Å². The fourth-order valence-electron chi connectivity index (χ4n) is 0.365. The molecule has 4 heteroatoms. The topological polar surface area (TPSA) is 9.23 Å². The number of hydrogen-bond donors (Lipinski definition) is 0. The van der Waals surface area contributed by atoms with E-state index in [1.165, 1.54) is 0 Å². The van der Waals surface area contributed by atoms with Crippen LogP contribution in [0.1, 0.15) is 0 Å². The Balaban J connectivity index is 3.09. The van der Waals surface area contributed by atoms with Gasteiger partial charge in [0, 0.05) is 0 Å². The van der Waals surface area contributed by atoms with E-state index in [0.29, 0.717) is 11.8 Å². The monoisotopic (exact) mass is 182 g/mol. The predicted molar refractivity (Wildman–Crippen MR) is 41.7 cm³/mol. The molecule has 0 amide bonds. The quantitative estimate of drug-likeness (QED) is 0.462. The molecule has 0 aromatic rings. The van der Waals surface area contributed by atoms with Crippen LogP contribution in [0.5, 0.6) is 0 Å². The average molecular weight is 183 g/mol. The average Bonchev–Trinajstić information content (AvgIpc) is 1.91. The van der Waals surface area contributed by atoms with Crippen LogP contribution in [0.2, 0.25) is 5.28 Å². The van der Waals surface area contributed by atoms with Gasteiger partial charge in [-0.2, -0.15) is 0 Å². The molecule has 0 aliphatic carbocycles. The van der Waals surface area contributed by atoms with E-state index in [9.17, 15) is 0 Å². The Bertz CT molecular complexity index is 58.9. The van der Waals surface area contributed by atoms with Gasteiger partial charge in [0.25, 0.3) is 0 Å². The van der Waals surface area contributed by atoms with E-state index in [4.69, 9.17) is 27.9 Å². The van der Waals surface area contributed by atoms with Gasteiger partial charge in [-0.3, -0.25) is 0 Å². The first kappa shape index (κ1) is 10.1. The molecule has 9 heavy (non-hydrogen) atoms. The molecule has 0 aliphatic rings. The normalized spacial score (nSPS) is 10.8. The van der Waals surface area contributed by atoms with Gasteiger partial charge in [0.05, 0.1) is 0 Å². The first-order chi connectivity index (χ1) is 4.35. The van der Waals surface area contributed by atoms with Crippen molar-refractivity contribution in [2.45, 2.75) is 11.4 Å². The van der Waals surface area contributed by atoms with Gasteiger partial charge in [-0.25, -0.2) is 0 Å². The molecule has 0 aromatic carbocycles. The van der Waals surface area contributed by atoms with Crippen molar-refractivity contribution < 1.29 is 4.74 Å². The number of halogens is 2. The van der Waals surface area contributed by atoms with Crippen LogP contribution >= 0.6 is 23.2 Å². The predicted octanol–water partition coefficient (Wildman–Crippen LogP) is 1.44. The van der Waals surface area contributed by atoms with Crippen molar-refractivity contribution >= 4 is 39.5 Å². The first-order valence-electron chi connectivity index (χ1n) is 2.78. The molecular weight excluding hydrogens is 174 g/mol. The second-order valence-electron chi connectivity index (χ2n) is 1.59. The van der Waals surface area contributed by atoms with Crippen molar-refractivity contribution in [2.75, 3.05) is 18.4 Å². The molecule has 1 nitrogen and oxygen atoms in total.